The fourth-order valence-corrected chi connectivity index (χ4v) is 3.37. The van der Waals surface area contributed by atoms with Crippen molar-refractivity contribution >= 4 is 11.8 Å². The van der Waals surface area contributed by atoms with E-state index in [9.17, 15) is 9.59 Å². The van der Waals surface area contributed by atoms with Gasteiger partial charge in [0.2, 0.25) is 11.8 Å². The molecule has 0 aliphatic carbocycles. The number of piperazine rings is 1. The summed E-state index contributed by atoms with van der Waals surface area (Å²) in [7, 11) is 0. The first-order valence-electron chi connectivity index (χ1n) is 8.79. The Balaban J connectivity index is 1.73. The highest BCUT2D eigenvalue weighted by atomic mass is 16.2. The molecule has 25 heavy (non-hydrogen) atoms. The van der Waals surface area contributed by atoms with Crippen molar-refractivity contribution < 1.29 is 9.59 Å². The van der Waals surface area contributed by atoms with E-state index in [2.05, 4.69) is 12.1 Å². The summed E-state index contributed by atoms with van der Waals surface area (Å²) >= 11 is 0. The highest BCUT2D eigenvalue weighted by Crippen LogP contribution is 2.26. The highest BCUT2D eigenvalue weighted by Gasteiger charge is 2.32. The number of hydrogen-bond donors (Lipinski definition) is 0. The van der Waals surface area contributed by atoms with Crippen LogP contribution >= 0.6 is 0 Å². The maximum absolute atomic E-state index is 12.9. The average Bonchev–Trinajstić information content (AvgIpc) is 2.67. The summed E-state index contributed by atoms with van der Waals surface area (Å²) in [5.41, 5.74) is 2.26. The van der Waals surface area contributed by atoms with Crippen LogP contribution in [0.4, 0.5) is 0 Å². The largest absolute Gasteiger partial charge is 0.339 e. The van der Waals surface area contributed by atoms with Gasteiger partial charge in [-0.1, -0.05) is 60.7 Å². The SMILES string of the molecule is CC(=O)N1CCN(C(=O)CCc2ccccc2)C(c2ccccc2)C1. The van der Waals surface area contributed by atoms with Crippen LogP contribution in [-0.2, 0) is 16.0 Å². The molecule has 2 aromatic rings. The summed E-state index contributed by atoms with van der Waals surface area (Å²) in [4.78, 5) is 28.4. The van der Waals surface area contributed by atoms with Crippen LogP contribution in [0.2, 0.25) is 0 Å². The summed E-state index contributed by atoms with van der Waals surface area (Å²) in [6.45, 7) is 3.36. The van der Waals surface area contributed by atoms with E-state index in [4.69, 9.17) is 0 Å². The molecule has 1 fully saturated rings. The number of nitrogens with zero attached hydrogens (tertiary/aromatic N) is 2. The first-order chi connectivity index (χ1) is 12.1. The van der Waals surface area contributed by atoms with E-state index in [1.165, 1.54) is 5.56 Å². The van der Waals surface area contributed by atoms with Crippen LogP contribution in [-0.4, -0.2) is 41.2 Å². The number of benzene rings is 2. The molecule has 0 spiro atoms. The molecule has 0 saturated carbocycles. The normalized spacial score (nSPS) is 17.4. The third-order valence-corrected chi connectivity index (χ3v) is 4.80. The topological polar surface area (TPSA) is 40.6 Å². The number of hydrogen-bond acceptors (Lipinski definition) is 2. The number of aryl methyl sites for hydroxylation is 1. The second-order valence-corrected chi connectivity index (χ2v) is 6.46. The molecule has 4 nitrogen and oxygen atoms in total. The fraction of sp³-hybridized carbons (Fsp3) is 0.333. The maximum atomic E-state index is 12.9. The number of carbonyl (C=O) groups is 2. The molecule has 4 heteroatoms. The second kappa shape index (κ2) is 7.97. The summed E-state index contributed by atoms with van der Waals surface area (Å²) < 4.78 is 0. The second-order valence-electron chi connectivity index (χ2n) is 6.46. The van der Waals surface area contributed by atoms with E-state index in [0.29, 0.717) is 26.1 Å². The van der Waals surface area contributed by atoms with Crippen molar-refractivity contribution in [1.29, 1.82) is 0 Å². The predicted octanol–water partition coefficient (Wildman–Crippen LogP) is 3.05. The van der Waals surface area contributed by atoms with Crippen LogP contribution in [0.15, 0.2) is 60.7 Å². The lowest BCUT2D eigenvalue weighted by Crippen LogP contribution is -2.51. The van der Waals surface area contributed by atoms with Crippen molar-refractivity contribution in [1.82, 2.24) is 9.80 Å². The predicted molar refractivity (Wildman–Crippen MR) is 97.9 cm³/mol. The standard InChI is InChI=1S/C21H24N2O2/c1-17(24)22-14-15-23(20(16-22)19-10-6-3-7-11-19)21(25)13-12-18-8-4-2-5-9-18/h2-11,20H,12-16H2,1H3. The molecule has 1 heterocycles. The monoisotopic (exact) mass is 336 g/mol. The maximum Gasteiger partial charge on any atom is 0.223 e. The van der Waals surface area contributed by atoms with Crippen LogP contribution in [0.5, 0.6) is 0 Å². The van der Waals surface area contributed by atoms with Gasteiger partial charge in [-0.15, -0.1) is 0 Å². The molecular formula is C21H24N2O2. The van der Waals surface area contributed by atoms with Gasteiger partial charge in [-0.25, -0.2) is 0 Å². The Morgan fingerprint density at radius 1 is 0.960 bits per heavy atom. The fourth-order valence-electron chi connectivity index (χ4n) is 3.37. The van der Waals surface area contributed by atoms with Crippen molar-refractivity contribution in [2.75, 3.05) is 19.6 Å². The summed E-state index contributed by atoms with van der Waals surface area (Å²) in [5.74, 6) is 0.221. The molecule has 0 radical (unpaired) electrons. The third-order valence-electron chi connectivity index (χ3n) is 4.80. The van der Waals surface area contributed by atoms with Crippen molar-refractivity contribution in [3.05, 3.63) is 71.8 Å². The van der Waals surface area contributed by atoms with E-state index in [0.717, 1.165) is 12.0 Å². The molecule has 0 bridgehead atoms. The van der Waals surface area contributed by atoms with Crippen molar-refractivity contribution in [3.63, 3.8) is 0 Å². The molecule has 130 valence electrons. The number of amides is 2. The minimum absolute atomic E-state index is 0.0670. The third kappa shape index (κ3) is 4.27. The first-order valence-corrected chi connectivity index (χ1v) is 8.79. The molecule has 1 unspecified atom stereocenters. The minimum atomic E-state index is -0.0675. The zero-order valence-corrected chi connectivity index (χ0v) is 14.6. The summed E-state index contributed by atoms with van der Waals surface area (Å²) in [6, 6.07) is 20.0. The zero-order valence-electron chi connectivity index (χ0n) is 14.6. The van der Waals surface area contributed by atoms with Gasteiger partial charge in [-0.3, -0.25) is 9.59 Å². The summed E-state index contributed by atoms with van der Waals surface area (Å²) in [5, 5.41) is 0. The Labute approximate surface area is 149 Å². The molecule has 1 saturated heterocycles. The van der Waals surface area contributed by atoms with Gasteiger partial charge in [0, 0.05) is 33.0 Å². The van der Waals surface area contributed by atoms with E-state index in [-0.39, 0.29) is 17.9 Å². The smallest absolute Gasteiger partial charge is 0.223 e. The summed E-state index contributed by atoms with van der Waals surface area (Å²) in [6.07, 6.45) is 1.24. The Bertz CT molecular complexity index is 715. The van der Waals surface area contributed by atoms with Crippen molar-refractivity contribution in [3.8, 4) is 0 Å². The van der Waals surface area contributed by atoms with Crippen LogP contribution < -0.4 is 0 Å². The molecular weight excluding hydrogens is 312 g/mol. The lowest BCUT2D eigenvalue weighted by molar-refractivity contribution is -0.142. The van der Waals surface area contributed by atoms with E-state index < -0.39 is 0 Å². The van der Waals surface area contributed by atoms with E-state index in [1.54, 1.807) is 6.92 Å². The van der Waals surface area contributed by atoms with E-state index in [1.807, 2.05) is 58.3 Å². The molecule has 0 aromatic heterocycles. The highest BCUT2D eigenvalue weighted by molar-refractivity contribution is 5.78. The van der Waals surface area contributed by atoms with Gasteiger partial charge in [0.1, 0.15) is 0 Å². The van der Waals surface area contributed by atoms with E-state index >= 15 is 0 Å². The van der Waals surface area contributed by atoms with Crippen LogP contribution in [0, 0.1) is 0 Å². The first kappa shape index (κ1) is 17.2. The van der Waals surface area contributed by atoms with Gasteiger partial charge in [-0.2, -0.15) is 0 Å². The lowest BCUT2D eigenvalue weighted by Gasteiger charge is -2.41. The van der Waals surface area contributed by atoms with Crippen molar-refractivity contribution in [2.24, 2.45) is 0 Å². The molecule has 1 atom stereocenters. The minimum Gasteiger partial charge on any atom is -0.339 e. The van der Waals surface area contributed by atoms with Gasteiger partial charge in [0.05, 0.1) is 6.04 Å². The number of carbonyl (C=O) groups excluding carboxylic acids is 2. The molecule has 2 aromatic carbocycles. The van der Waals surface area contributed by atoms with Crippen LogP contribution in [0.1, 0.15) is 30.5 Å². The Hall–Kier alpha value is -2.62. The molecule has 1 aliphatic heterocycles. The van der Waals surface area contributed by atoms with Crippen molar-refractivity contribution in [2.45, 2.75) is 25.8 Å². The van der Waals surface area contributed by atoms with Gasteiger partial charge in [0.15, 0.2) is 0 Å². The zero-order chi connectivity index (χ0) is 17.6. The molecule has 3 rings (SSSR count). The Morgan fingerprint density at radius 3 is 2.24 bits per heavy atom. The Morgan fingerprint density at radius 2 is 1.60 bits per heavy atom. The van der Waals surface area contributed by atoms with Gasteiger partial charge < -0.3 is 9.80 Å². The van der Waals surface area contributed by atoms with Crippen LogP contribution in [0.3, 0.4) is 0 Å². The molecule has 0 N–H and O–H groups in total. The van der Waals surface area contributed by atoms with Gasteiger partial charge in [-0.05, 0) is 17.5 Å². The number of rotatable bonds is 4. The molecule has 1 aliphatic rings. The lowest BCUT2D eigenvalue weighted by atomic mass is 10.0. The van der Waals surface area contributed by atoms with Gasteiger partial charge in [0.25, 0.3) is 0 Å². The van der Waals surface area contributed by atoms with Crippen LogP contribution in [0.25, 0.3) is 0 Å². The quantitative estimate of drug-likeness (QED) is 0.861. The van der Waals surface area contributed by atoms with Gasteiger partial charge >= 0.3 is 0 Å². The molecule has 2 amide bonds. The Kier molecular flexibility index (Phi) is 5.49. The average molecular weight is 336 g/mol.